The zero-order valence-electron chi connectivity index (χ0n) is 6.35. The molecular weight excluding hydrogens is 249 g/mol. The first kappa shape index (κ1) is 11.0. The summed E-state index contributed by atoms with van der Waals surface area (Å²) in [4.78, 5) is 0.728. The first-order valence-electron chi connectivity index (χ1n) is 3.29. The van der Waals surface area contributed by atoms with Crippen molar-refractivity contribution in [3.63, 3.8) is 0 Å². The van der Waals surface area contributed by atoms with Crippen LogP contribution in [0.2, 0.25) is 10.0 Å². The molecule has 0 atom stereocenters. The van der Waals surface area contributed by atoms with Crippen LogP contribution >= 0.6 is 46.6 Å². The van der Waals surface area contributed by atoms with Crippen molar-refractivity contribution in [1.82, 2.24) is 0 Å². The quantitative estimate of drug-likeness (QED) is 0.445. The van der Waals surface area contributed by atoms with Crippen molar-refractivity contribution in [3.8, 4) is 5.40 Å². The molecule has 1 aromatic rings. The molecule has 0 saturated heterocycles. The van der Waals surface area contributed by atoms with Crippen molar-refractivity contribution in [2.45, 2.75) is 10.8 Å². The fourth-order valence-corrected chi connectivity index (χ4v) is 2.45. The van der Waals surface area contributed by atoms with Crippen LogP contribution in [-0.4, -0.2) is 0 Å². The van der Waals surface area contributed by atoms with E-state index in [0.717, 1.165) is 16.7 Å². The summed E-state index contributed by atoms with van der Waals surface area (Å²) < 4.78 is 0. The predicted molar refractivity (Wildman–Crippen MR) is 57.5 cm³/mol. The summed E-state index contributed by atoms with van der Waals surface area (Å²) >= 11 is 18.4. The molecule has 0 aliphatic heterocycles. The summed E-state index contributed by atoms with van der Waals surface area (Å²) in [5.41, 5.74) is 0.701. The minimum Gasteiger partial charge on any atom is -0.185 e. The molecule has 1 nitrogen and oxygen atoms in total. The van der Waals surface area contributed by atoms with Crippen LogP contribution in [0.4, 0.5) is 0 Å². The molecule has 0 fully saturated rings. The van der Waals surface area contributed by atoms with E-state index in [1.165, 1.54) is 0 Å². The third kappa shape index (κ3) is 2.69. The monoisotopic (exact) mass is 251 g/mol. The van der Waals surface area contributed by atoms with E-state index in [4.69, 9.17) is 40.1 Å². The number of hydrogen-bond acceptors (Lipinski definition) is 2. The summed E-state index contributed by atoms with van der Waals surface area (Å²) in [6, 6.07) is 3.36. The number of benzene rings is 1. The van der Waals surface area contributed by atoms with E-state index >= 15 is 0 Å². The lowest BCUT2D eigenvalue weighted by Crippen LogP contribution is -1.83. The topological polar surface area (TPSA) is 23.8 Å². The number of nitrogens with zero attached hydrogens (tertiary/aromatic N) is 1. The summed E-state index contributed by atoms with van der Waals surface area (Å²) in [5.74, 6) is 0.273. The Morgan fingerprint density at radius 3 is 2.23 bits per heavy atom. The van der Waals surface area contributed by atoms with Crippen LogP contribution in [-0.2, 0) is 5.88 Å². The van der Waals surface area contributed by atoms with Gasteiger partial charge in [0, 0.05) is 20.5 Å². The molecule has 0 aromatic heterocycles. The van der Waals surface area contributed by atoms with Gasteiger partial charge in [-0.3, -0.25) is 0 Å². The largest absolute Gasteiger partial charge is 0.185 e. The van der Waals surface area contributed by atoms with Gasteiger partial charge in [-0.15, -0.1) is 11.6 Å². The zero-order chi connectivity index (χ0) is 9.84. The van der Waals surface area contributed by atoms with Crippen molar-refractivity contribution in [1.29, 1.82) is 5.26 Å². The van der Waals surface area contributed by atoms with Crippen molar-refractivity contribution in [2.24, 2.45) is 0 Å². The molecule has 0 unspecified atom stereocenters. The third-order valence-corrected chi connectivity index (χ3v) is 2.92. The summed E-state index contributed by atoms with van der Waals surface area (Å²) in [5, 5.41) is 11.4. The Balaban J connectivity index is 3.14. The average molecular weight is 253 g/mol. The highest BCUT2D eigenvalue weighted by atomic mass is 35.5. The molecule has 0 bridgehead atoms. The van der Waals surface area contributed by atoms with Crippen LogP contribution in [0.1, 0.15) is 5.56 Å². The average Bonchev–Trinajstić information content (AvgIpc) is 2.04. The normalized spacial score (nSPS) is 9.69. The van der Waals surface area contributed by atoms with Gasteiger partial charge in [-0.25, -0.2) is 0 Å². The summed E-state index contributed by atoms with van der Waals surface area (Å²) in [7, 11) is 0. The Labute approximate surface area is 95.6 Å². The maximum absolute atomic E-state index is 8.43. The van der Waals surface area contributed by atoms with Crippen LogP contribution in [0.15, 0.2) is 17.0 Å². The third-order valence-electron chi connectivity index (χ3n) is 1.41. The molecule has 5 heteroatoms. The Hall–Kier alpha value is -0.0700. The molecule has 0 saturated carbocycles. The van der Waals surface area contributed by atoms with Gasteiger partial charge in [0.25, 0.3) is 0 Å². The Bertz CT molecular complexity index is 336. The minimum atomic E-state index is 0.273. The number of thiocyanates is 1. The van der Waals surface area contributed by atoms with Crippen LogP contribution in [0, 0.1) is 10.7 Å². The summed E-state index contributed by atoms with van der Waals surface area (Å²) in [6.07, 6.45) is 0. The van der Waals surface area contributed by atoms with E-state index in [-0.39, 0.29) is 5.88 Å². The van der Waals surface area contributed by atoms with Gasteiger partial charge in [0.1, 0.15) is 5.40 Å². The molecule has 0 N–H and O–H groups in total. The first-order valence-corrected chi connectivity index (χ1v) is 5.39. The van der Waals surface area contributed by atoms with Crippen LogP contribution < -0.4 is 0 Å². The molecule has 68 valence electrons. The molecule has 0 aliphatic carbocycles. The molecule has 1 rings (SSSR count). The maximum Gasteiger partial charge on any atom is 0.138 e. The second-order valence-corrected chi connectivity index (χ2v) is 4.13. The Morgan fingerprint density at radius 1 is 1.31 bits per heavy atom. The Kier molecular flexibility index (Phi) is 4.21. The molecule has 0 aliphatic rings. The van der Waals surface area contributed by atoms with Gasteiger partial charge in [-0.1, -0.05) is 23.2 Å². The lowest BCUT2D eigenvalue weighted by atomic mass is 10.2. The number of alkyl halides is 1. The minimum absolute atomic E-state index is 0.273. The van der Waals surface area contributed by atoms with E-state index in [9.17, 15) is 0 Å². The maximum atomic E-state index is 8.43. The van der Waals surface area contributed by atoms with Crippen LogP contribution in [0.3, 0.4) is 0 Å². The second kappa shape index (κ2) is 4.97. The number of hydrogen-bond donors (Lipinski definition) is 0. The summed E-state index contributed by atoms with van der Waals surface area (Å²) in [6.45, 7) is 0. The number of nitriles is 1. The van der Waals surface area contributed by atoms with Gasteiger partial charge in [0.05, 0.1) is 5.88 Å². The second-order valence-electron chi connectivity index (χ2n) is 2.19. The van der Waals surface area contributed by atoms with Crippen molar-refractivity contribution < 1.29 is 0 Å². The number of rotatable bonds is 2. The van der Waals surface area contributed by atoms with E-state index in [2.05, 4.69) is 0 Å². The fraction of sp³-hybridized carbons (Fsp3) is 0.125. The molecule has 0 amide bonds. The van der Waals surface area contributed by atoms with Crippen LogP contribution in [0.25, 0.3) is 0 Å². The van der Waals surface area contributed by atoms with E-state index in [1.807, 2.05) is 5.40 Å². The lowest BCUT2D eigenvalue weighted by molar-refractivity contribution is 1.34. The standard InChI is InChI=1S/C8H4Cl3NS/c9-3-6-7(10)1-5(13-4-12)2-8(6)11/h1-2H,3H2. The zero-order valence-corrected chi connectivity index (χ0v) is 9.44. The number of thioether (sulfide) groups is 1. The molecule has 1 aromatic carbocycles. The Morgan fingerprint density at radius 2 is 1.85 bits per heavy atom. The van der Waals surface area contributed by atoms with Gasteiger partial charge in [0.15, 0.2) is 0 Å². The van der Waals surface area contributed by atoms with E-state index in [1.54, 1.807) is 12.1 Å². The number of halogens is 3. The lowest BCUT2D eigenvalue weighted by Gasteiger charge is -2.04. The van der Waals surface area contributed by atoms with Gasteiger partial charge < -0.3 is 0 Å². The highest BCUT2D eigenvalue weighted by Crippen LogP contribution is 2.31. The van der Waals surface area contributed by atoms with E-state index in [0.29, 0.717) is 15.6 Å². The molecule has 0 radical (unpaired) electrons. The van der Waals surface area contributed by atoms with Gasteiger partial charge in [0.2, 0.25) is 0 Å². The predicted octanol–water partition coefficient (Wildman–Crippen LogP) is 4.31. The van der Waals surface area contributed by atoms with Gasteiger partial charge in [-0.05, 0) is 23.9 Å². The fourth-order valence-electron chi connectivity index (χ4n) is 0.819. The van der Waals surface area contributed by atoms with Crippen molar-refractivity contribution in [2.75, 3.05) is 0 Å². The van der Waals surface area contributed by atoms with Gasteiger partial charge in [-0.2, -0.15) is 5.26 Å². The molecule has 13 heavy (non-hydrogen) atoms. The van der Waals surface area contributed by atoms with Gasteiger partial charge >= 0.3 is 0 Å². The molecule has 0 spiro atoms. The van der Waals surface area contributed by atoms with Crippen molar-refractivity contribution >= 4 is 46.6 Å². The SMILES string of the molecule is N#CSc1cc(Cl)c(CCl)c(Cl)c1. The smallest absolute Gasteiger partial charge is 0.138 e. The first-order chi connectivity index (χ1) is 6.19. The highest BCUT2D eigenvalue weighted by Gasteiger charge is 2.07. The van der Waals surface area contributed by atoms with E-state index < -0.39 is 0 Å². The highest BCUT2D eigenvalue weighted by molar-refractivity contribution is 8.03. The van der Waals surface area contributed by atoms with Crippen molar-refractivity contribution in [3.05, 3.63) is 27.7 Å². The van der Waals surface area contributed by atoms with Crippen LogP contribution in [0.5, 0.6) is 0 Å². The molecular formula is C8H4Cl3NS. The molecule has 0 heterocycles.